The number of aldehydes is 1. The number of alkyl halides is 1. The number of carbonyl (C=O) groups is 9. The molecule has 4 amide bonds. The summed E-state index contributed by atoms with van der Waals surface area (Å²) in [6.07, 6.45) is 0.260. The Kier molecular flexibility index (Phi) is 21.5. The third-order valence-electron chi connectivity index (χ3n) is 10.6. The molecule has 1 atom stereocenters. The number of nitrogens with zero attached hydrogens (tertiary/aromatic N) is 6. The number of nitrogens with one attached hydrogen (secondary N) is 2. The summed E-state index contributed by atoms with van der Waals surface area (Å²) in [5, 5.41) is 20.8. The lowest BCUT2D eigenvalue weighted by Crippen LogP contribution is -2.42. The number of halogens is 1. The summed E-state index contributed by atoms with van der Waals surface area (Å²) < 4.78 is 61.4. The van der Waals surface area contributed by atoms with Crippen LogP contribution >= 0.6 is 7.82 Å². The highest BCUT2D eigenvalue weighted by Crippen LogP contribution is 2.52. The first-order valence-corrected chi connectivity index (χ1v) is 24.5. The maximum absolute atomic E-state index is 13.9. The quantitative estimate of drug-likeness (QED) is 0.0305. The summed E-state index contributed by atoms with van der Waals surface area (Å²) in [7, 11) is 1.83. The van der Waals surface area contributed by atoms with Gasteiger partial charge in [-0.1, -0.05) is 6.07 Å². The van der Waals surface area contributed by atoms with Crippen molar-refractivity contribution >= 4 is 84.6 Å². The van der Waals surface area contributed by atoms with Crippen LogP contribution < -0.4 is 26.0 Å². The Bertz CT molecular complexity index is 3200. The number of carboxylic acids is 1. The van der Waals surface area contributed by atoms with Crippen LogP contribution in [0.1, 0.15) is 72.0 Å². The fraction of sp³-hybridized carbons (Fsp3) is 0.312. The Balaban J connectivity index is 0.000000540. The number of benzene rings is 3. The van der Waals surface area contributed by atoms with Gasteiger partial charge in [-0.3, -0.25) is 47.7 Å². The molecule has 1 unspecified atom stereocenters. The molecule has 420 valence electrons. The van der Waals surface area contributed by atoms with E-state index in [4.69, 9.17) is 38.6 Å². The van der Waals surface area contributed by atoms with Crippen LogP contribution in [0.5, 0.6) is 11.5 Å². The SMILES string of the molecule is CN(C)C(=O)COC(=O)c1cc(C=O)ccc1O.CN(C)C(=O)COC(=O)c1cc(COC(=O)N(Cc2cnc3nc(N)[nH]c(=O)c3n2)c2ccc(C(=O)NC(CCC(=O)O)C(=O)OCF)cc2)ccc1OP1(=O)OCCCO1. The van der Waals surface area contributed by atoms with Gasteiger partial charge in [0.15, 0.2) is 24.4 Å². The Labute approximate surface area is 446 Å². The van der Waals surface area contributed by atoms with Crippen LogP contribution in [0.2, 0.25) is 0 Å². The molecule has 0 bridgehead atoms. The Morgan fingerprint density at radius 1 is 0.873 bits per heavy atom. The van der Waals surface area contributed by atoms with Crippen LogP contribution in [0.4, 0.5) is 20.8 Å². The van der Waals surface area contributed by atoms with Crippen LogP contribution in [0, 0.1) is 0 Å². The van der Waals surface area contributed by atoms with Gasteiger partial charge in [0.2, 0.25) is 12.8 Å². The van der Waals surface area contributed by atoms with Crippen LogP contribution in [-0.2, 0) is 64.9 Å². The number of phosphoric acid groups is 1. The Morgan fingerprint density at radius 3 is 2.13 bits per heavy atom. The number of hydrogen-bond donors (Lipinski definition) is 5. The second-order valence-corrected chi connectivity index (χ2v) is 18.3. The molecule has 31 heteroatoms. The number of aromatic nitrogens is 4. The number of amides is 4. The maximum Gasteiger partial charge on any atom is 0.530 e. The number of carbonyl (C=O) groups excluding carboxylic acids is 8. The van der Waals surface area contributed by atoms with E-state index in [0.717, 1.165) is 4.90 Å². The molecular weight excluding hydrogens is 1070 g/mol. The lowest BCUT2D eigenvalue weighted by molar-refractivity contribution is -0.150. The highest BCUT2D eigenvalue weighted by molar-refractivity contribution is 7.49. The summed E-state index contributed by atoms with van der Waals surface area (Å²) in [5.41, 5.74) is 4.69. The number of rotatable bonds is 21. The Hall–Kier alpha value is -9.41. The van der Waals surface area contributed by atoms with E-state index in [-0.39, 0.29) is 93.5 Å². The van der Waals surface area contributed by atoms with Gasteiger partial charge in [0.1, 0.15) is 41.6 Å². The number of phosphoric ester groups is 1. The third kappa shape index (κ3) is 17.6. The predicted octanol–water partition coefficient (Wildman–Crippen LogP) is 2.69. The summed E-state index contributed by atoms with van der Waals surface area (Å²) >= 11 is 0. The average Bonchev–Trinajstić information content (AvgIpc) is 3.43. The van der Waals surface area contributed by atoms with Gasteiger partial charge in [0.05, 0.1) is 31.6 Å². The monoisotopic (exact) mass is 1120 g/mol. The van der Waals surface area contributed by atoms with Crippen molar-refractivity contribution in [1.29, 1.82) is 0 Å². The van der Waals surface area contributed by atoms with E-state index in [1.165, 1.54) is 105 Å². The van der Waals surface area contributed by atoms with E-state index in [1.807, 2.05) is 0 Å². The van der Waals surface area contributed by atoms with Crippen molar-refractivity contribution in [2.75, 3.05) is 72.1 Å². The number of aliphatic carboxylic acids is 1. The highest BCUT2D eigenvalue weighted by Gasteiger charge is 2.34. The number of carboxylic acid groups (broad SMARTS) is 1. The summed E-state index contributed by atoms with van der Waals surface area (Å²) in [6.45, 7) is -3.32. The molecular formula is C48H51FN9O20P. The minimum absolute atomic E-state index is 0.0634. The second-order valence-electron chi connectivity index (χ2n) is 16.7. The lowest BCUT2D eigenvalue weighted by Gasteiger charge is -2.24. The van der Waals surface area contributed by atoms with Crippen molar-refractivity contribution in [2.24, 2.45) is 0 Å². The molecule has 1 saturated heterocycles. The number of likely N-dealkylation sites (N-methyl/N-ethyl adjacent to an activating group) is 2. The Morgan fingerprint density at radius 2 is 1.52 bits per heavy atom. The molecule has 5 aromatic rings. The number of aromatic hydroxyl groups is 1. The van der Waals surface area contributed by atoms with E-state index in [9.17, 15) is 62.0 Å². The van der Waals surface area contributed by atoms with Crippen molar-refractivity contribution in [3.8, 4) is 11.5 Å². The number of esters is 3. The number of phenolic OH excluding ortho intramolecular Hbond substituents is 1. The maximum atomic E-state index is 13.9. The summed E-state index contributed by atoms with van der Waals surface area (Å²) in [5.74, 6) is -6.94. The molecule has 3 aromatic carbocycles. The molecule has 6 rings (SSSR count). The van der Waals surface area contributed by atoms with Crippen molar-refractivity contribution in [3.63, 3.8) is 0 Å². The van der Waals surface area contributed by atoms with Crippen LogP contribution in [0.3, 0.4) is 0 Å². The van der Waals surface area contributed by atoms with E-state index in [0.29, 0.717) is 12.7 Å². The number of aromatic amines is 1. The zero-order valence-corrected chi connectivity index (χ0v) is 43.3. The predicted molar refractivity (Wildman–Crippen MR) is 268 cm³/mol. The van der Waals surface area contributed by atoms with Gasteiger partial charge < -0.3 is 54.5 Å². The molecule has 0 aliphatic carbocycles. The van der Waals surface area contributed by atoms with Crippen molar-refractivity contribution in [3.05, 3.63) is 111 Å². The number of anilines is 2. The van der Waals surface area contributed by atoms with E-state index in [2.05, 4.69) is 30.0 Å². The zero-order valence-electron chi connectivity index (χ0n) is 42.4. The fourth-order valence-corrected chi connectivity index (χ4v) is 7.67. The van der Waals surface area contributed by atoms with Gasteiger partial charge in [-0.15, -0.1) is 0 Å². The average molecular weight is 1120 g/mol. The number of H-pyrrole nitrogens is 1. The fourth-order valence-electron chi connectivity index (χ4n) is 6.39. The van der Waals surface area contributed by atoms with Crippen LogP contribution in [0.25, 0.3) is 11.2 Å². The highest BCUT2D eigenvalue weighted by atomic mass is 31.2. The van der Waals surface area contributed by atoms with Gasteiger partial charge in [0, 0.05) is 51.4 Å². The van der Waals surface area contributed by atoms with Crippen molar-refractivity contribution in [2.45, 2.75) is 38.5 Å². The molecule has 1 aliphatic heterocycles. The van der Waals surface area contributed by atoms with Crippen molar-refractivity contribution in [1.82, 2.24) is 35.1 Å². The molecule has 29 nitrogen and oxygen atoms in total. The number of nitrogens with two attached hydrogens (primary N) is 1. The van der Waals surface area contributed by atoms with Gasteiger partial charge >= 0.3 is 37.8 Å². The number of ether oxygens (including phenoxy) is 4. The molecule has 79 heavy (non-hydrogen) atoms. The smallest absolute Gasteiger partial charge is 0.507 e. The standard InChI is InChI=1S/C36H38FN8O15P.C12H13NO5/c1-44(2)27(46)18-55-33(51)24-14-20(4-10-26(24)60-61(54)58-12-3-13-59-61)17-56-36(53)45(16-22-15-39-30-29(40-22)32(50)43-35(38)42-30)23-7-5-21(6-8-23)31(49)41-25(9-11-28(47)48)34(52)57-19-37;1-13(2)11(16)7-18-12(17)9-5-8(6-14)3-4-10(9)15/h4-8,10,14-15,25H,3,9,11-13,16-19H2,1-2H3,(H,41,49)(H,47,48)(H3,38,39,42,43,50);3-6,15H,7H2,1-2H3. The van der Waals surface area contributed by atoms with Gasteiger partial charge in [-0.05, 0) is 73.0 Å². The minimum atomic E-state index is -4.13. The molecule has 1 fully saturated rings. The van der Waals surface area contributed by atoms with Crippen LogP contribution in [0.15, 0.2) is 71.7 Å². The number of phenols is 1. The number of fused-ring (bicyclic) bond motifs is 1. The molecule has 0 radical (unpaired) electrons. The van der Waals surface area contributed by atoms with Crippen LogP contribution in [-0.4, -0.2) is 161 Å². The molecule has 0 saturated carbocycles. The number of hydrogen-bond acceptors (Lipinski definition) is 23. The minimum Gasteiger partial charge on any atom is -0.507 e. The van der Waals surface area contributed by atoms with Gasteiger partial charge in [-0.25, -0.2) is 38.1 Å². The molecule has 1 aliphatic rings. The van der Waals surface area contributed by atoms with Gasteiger partial charge in [0.25, 0.3) is 23.3 Å². The second kappa shape index (κ2) is 28.1. The molecule has 3 heterocycles. The van der Waals surface area contributed by atoms with E-state index >= 15 is 0 Å². The largest absolute Gasteiger partial charge is 0.530 e. The summed E-state index contributed by atoms with van der Waals surface area (Å²) in [6, 6.07) is 11.3. The van der Waals surface area contributed by atoms with Crippen molar-refractivity contribution < 1.29 is 94.8 Å². The van der Waals surface area contributed by atoms with E-state index < -0.39 is 101 Å². The normalized spacial score (nSPS) is 12.7. The topological polar surface area (TPSA) is 395 Å². The van der Waals surface area contributed by atoms with Gasteiger partial charge in [-0.2, -0.15) is 4.98 Å². The molecule has 0 spiro atoms. The molecule has 2 aromatic heterocycles. The first-order chi connectivity index (χ1) is 37.5. The first kappa shape index (κ1) is 60.5. The zero-order chi connectivity index (χ0) is 58.0. The van der Waals surface area contributed by atoms with E-state index in [1.54, 1.807) is 0 Å². The summed E-state index contributed by atoms with van der Waals surface area (Å²) in [4.78, 5) is 140. The third-order valence-corrected chi connectivity index (χ3v) is 12.0. The first-order valence-electron chi connectivity index (χ1n) is 23.1. The lowest BCUT2D eigenvalue weighted by atomic mass is 10.1. The molecule has 6 N–H and O–H groups in total. The number of nitrogen functional groups attached to an aromatic ring is 1.